The molecule has 8 aromatic carbocycles. The summed E-state index contributed by atoms with van der Waals surface area (Å²) in [4.78, 5) is 46.4. The third-order valence-corrected chi connectivity index (χ3v) is 18.6. The van der Waals surface area contributed by atoms with Crippen LogP contribution in [0.3, 0.4) is 0 Å². The minimum atomic E-state index is -0.309. The van der Waals surface area contributed by atoms with Crippen LogP contribution in [0.4, 0.5) is 5.69 Å². The van der Waals surface area contributed by atoms with Gasteiger partial charge in [-0.1, -0.05) is 216 Å². The maximum absolute atomic E-state index is 11.3. The largest absolute Gasteiger partial charge is 0.436 e. The molecule has 12 nitrogen and oxygen atoms in total. The molecule has 1 aliphatic carbocycles. The van der Waals surface area contributed by atoms with E-state index in [1.54, 1.807) is 12.6 Å². The fourth-order valence-electron chi connectivity index (χ4n) is 12.2. The number of H-pyrrole nitrogens is 1. The lowest BCUT2D eigenvalue weighted by molar-refractivity contribution is -0.131. The van der Waals surface area contributed by atoms with E-state index in [0.717, 1.165) is 61.4 Å². The molecule has 0 radical (unpaired) electrons. The Morgan fingerprint density at radius 2 is 0.939 bits per heavy atom. The number of nitrogens with zero attached hydrogens (tertiary/aromatic N) is 3. The normalized spacial score (nSPS) is 13.7. The van der Waals surface area contributed by atoms with Gasteiger partial charge in [0.25, 0.3) is 0 Å². The number of carbonyl (C=O) groups excluding carboxylic acids is 2. The minimum absolute atomic E-state index is 0.0848. The van der Waals surface area contributed by atoms with Gasteiger partial charge in [-0.2, -0.15) is 0 Å². The highest BCUT2D eigenvalue weighted by atomic mass is 16.5. The Labute approximate surface area is 585 Å². The number of hydrogen-bond donors (Lipinski definition) is 2. The van der Waals surface area contributed by atoms with Crippen LogP contribution < -0.4 is 15.8 Å². The van der Waals surface area contributed by atoms with Gasteiger partial charge in [-0.25, -0.2) is 14.8 Å². The van der Waals surface area contributed by atoms with Gasteiger partial charge in [0.1, 0.15) is 16.8 Å². The Morgan fingerprint density at radius 1 is 0.455 bits per heavy atom. The zero-order valence-corrected chi connectivity index (χ0v) is 62.0. The van der Waals surface area contributed by atoms with Crippen LogP contribution in [-0.2, 0) is 74.8 Å². The number of aryl methyl sites for hydroxylation is 4. The number of esters is 1. The maximum Gasteiger partial charge on any atom is 0.419 e. The number of hydrogen-bond acceptors (Lipinski definition) is 9. The number of amides is 1. The van der Waals surface area contributed by atoms with Gasteiger partial charge in [-0.3, -0.25) is 14.2 Å². The van der Waals surface area contributed by atoms with Crippen LogP contribution in [0.5, 0.6) is 5.75 Å². The number of rotatable bonds is 2. The third kappa shape index (κ3) is 17.5. The Kier molecular flexibility index (Phi) is 20.7. The summed E-state index contributed by atoms with van der Waals surface area (Å²) in [6, 6.07) is 55.8. The molecular formula is C87H101N5O7. The van der Waals surface area contributed by atoms with E-state index in [9.17, 15) is 14.4 Å². The first-order valence-electron chi connectivity index (χ1n) is 34.8. The molecule has 4 aromatic heterocycles. The van der Waals surface area contributed by atoms with E-state index in [-0.39, 0.29) is 50.1 Å². The van der Waals surface area contributed by atoms with Crippen molar-refractivity contribution < 1.29 is 27.6 Å². The van der Waals surface area contributed by atoms with Crippen LogP contribution >= 0.6 is 0 Å². The molecule has 2 aliphatic heterocycles. The summed E-state index contributed by atoms with van der Waals surface area (Å²) in [6.45, 7) is 41.5. The highest BCUT2D eigenvalue weighted by molar-refractivity contribution is 5.99. The molecular weight excluding hydrogens is 1230 g/mol. The molecule has 2 N–H and O–H groups in total. The van der Waals surface area contributed by atoms with Crippen LogP contribution in [0.15, 0.2) is 182 Å². The smallest absolute Gasteiger partial charge is 0.419 e. The summed E-state index contributed by atoms with van der Waals surface area (Å²) < 4.78 is 23.4. The van der Waals surface area contributed by atoms with Gasteiger partial charge >= 0.3 is 11.7 Å². The van der Waals surface area contributed by atoms with Gasteiger partial charge in [0.2, 0.25) is 17.7 Å². The van der Waals surface area contributed by atoms with Crippen molar-refractivity contribution in [1.82, 2.24) is 19.5 Å². The van der Waals surface area contributed by atoms with Crippen molar-refractivity contribution in [2.75, 3.05) is 5.32 Å². The van der Waals surface area contributed by atoms with Gasteiger partial charge in [-0.05, 0) is 188 Å². The summed E-state index contributed by atoms with van der Waals surface area (Å²) in [5.41, 5.74) is 24.2. The van der Waals surface area contributed by atoms with Gasteiger partial charge < -0.3 is 28.3 Å². The molecule has 516 valence electrons. The summed E-state index contributed by atoms with van der Waals surface area (Å²) in [5.74, 6) is 1.77. The van der Waals surface area contributed by atoms with Crippen molar-refractivity contribution in [3.05, 3.63) is 236 Å². The van der Waals surface area contributed by atoms with Crippen molar-refractivity contribution in [2.45, 2.75) is 203 Å². The van der Waals surface area contributed by atoms with E-state index >= 15 is 0 Å². The average Bonchev–Trinajstić information content (AvgIpc) is 1.66. The van der Waals surface area contributed by atoms with Gasteiger partial charge in [0.15, 0.2) is 16.7 Å². The predicted octanol–water partition coefficient (Wildman–Crippen LogP) is 21.6. The maximum atomic E-state index is 11.3. The van der Waals surface area contributed by atoms with Crippen molar-refractivity contribution >= 4 is 61.8 Å². The molecule has 15 rings (SSSR count). The van der Waals surface area contributed by atoms with Gasteiger partial charge in [-0.15, -0.1) is 0 Å². The number of anilines is 1. The quantitative estimate of drug-likeness (QED) is 0.127. The van der Waals surface area contributed by atoms with Crippen molar-refractivity contribution in [3.8, 4) is 28.7 Å². The summed E-state index contributed by atoms with van der Waals surface area (Å²) >= 11 is 0. The first-order valence-corrected chi connectivity index (χ1v) is 34.8. The number of ether oxygens (including phenoxy) is 1. The molecule has 0 unspecified atom stereocenters. The molecule has 0 bridgehead atoms. The molecule has 0 fully saturated rings. The zero-order valence-electron chi connectivity index (χ0n) is 62.0. The molecule has 99 heavy (non-hydrogen) atoms. The van der Waals surface area contributed by atoms with E-state index in [1.807, 2.05) is 97.1 Å². The van der Waals surface area contributed by atoms with Crippen LogP contribution in [-0.4, -0.2) is 31.4 Å². The Bertz CT molecular complexity index is 4870. The molecule has 0 spiro atoms. The Balaban J connectivity index is 0.000000129. The molecule has 12 aromatic rings. The fraction of sp³-hybridized carbons (Fsp3) is 0.368. The predicted molar refractivity (Wildman–Crippen MR) is 407 cm³/mol. The molecule has 0 saturated carbocycles. The van der Waals surface area contributed by atoms with Crippen LogP contribution in [0.25, 0.3) is 67.1 Å². The van der Waals surface area contributed by atoms with E-state index in [0.29, 0.717) is 30.2 Å². The van der Waals surface area contributed by atoms with E-state index in [2.05, 4.69) is 219 Å². The second-order valence-electron chi connectivity index (χ2n) is 32.8. The zero-order chi connectivity index (χ0) is 71.7. The number of oxazole rings is 3. The number of aromatic nitrogens is 4. The van der Waals surface area contributed by atoms with E-state index < -0.39 is 0 Å². The molecule has 6 heterocycles. The molecule has 3 aliphatic rings. The van der Waals surface area contributed by atoms with Gasteiger partial charge in [0.05, 0.1) is 18.4 Å². The number of aromatic amines is 1. The minimum Gasteiger partial charge on any atom is -0.436 e. The average molecular weight is 1330 g/mol. The van der Waals surface area contributed by atoms with Gasteiger partial charge in [0, 0.05) is 46.0 Å². The van der Waals surface area contributed by atoms with E-state index in [1.165, 1.54) is 85.8 Å². The molecule has 1 amide bonds. The summed E-state index contributed by atoms with van der Waals surface area (Å²) in [7, 11) is 1.72. The topological polar surface area (TPSA) is 158 Å². The number of benzene rings is 8. The highest BCUT2D eigenvalue weighted by Gasteiger charge is 2.26. The summed E-state index contributed by atoms with van der Waals surface area (Å²) in [6.07, 6.45) is 6.12. The summed E-state index contributed by atoms with van der Waals surface area (Å²) in [5, 5.41) is 4.32. The second-order valence-corrected chi connectivity index (χ2v) is 32.8. The lowest BCUT2D eigenvalue weighted by atomic mass is 9.86. The lowest BCUT2D eigenvalue weighted by Gasteiger charge is -2.19. The number of carbonyl (C=O) groups is 2. The van der Waals surface area contributed by atoms with Crippen molar-refractivity contribution in [2.24, 2.45) is 7.05 Å². The van der Waals surface area contributed by atoms with Crippen LogP contribution in [0.2, 0.25) is 0 Å². The van der Waals surface area contributed by atoms with Crippen LogP contribution in [0.1, 0.15) is 199 Å². The first kappa shape index (κ1) is 72.2. The van der Waals surface area contributed by atoms with Crippen molar-refractivity contribution in [3.63, 3.8) is 0 Å². The number of nitrogens with one attached hydrogen (secondary N) is 2. The Morgan fingerprint density at radius 3 is 1.54 bits per heavy atom. The second kappa shape index (κ2) is 28.4. The van der Waals surface area contributed by atoms with E-state index in [4.69, 9.17) is 18.0 Å². The third-order valence-electron chi connectivity index (χ3n) is 18.6. The molecule has 0 atom stereocenters. The van der Waals surface area contributed by atoms with Crippen molar-refractivity contribution in [1.29, 1.82) is 0 Å². The monoisotopic (exact) mass is 1330 g/mol. The standard InChI is InChI=1S/C18H19NO.C17H17NO.C16H21N.C12H15NO2.C12H15NO.C12H14O2/c1-12-7-5-6-8-14(12)17-19-15-11-13(18(2,3)4)9-10-16(15)20-17;1-17(2,3)13-9-10-15-14(11-13)18-16(19-15)12-7-5-4-6-8-12;1-16(2,3)11-8-9-13-12-6-4-5-7-14(12)17-15(13)10-11;1-12(2,3)8-5-6-10-9(7-8)13(4)11(14)15-10;1-12(2,3)9-5-4-8-6-11(14)13-10(8)7-9;1-12(2,3)9-5-4-8-6-11(13)14-10(8)7-9/h5-11H,1-4H3;4-11H,1-3H3;8-10,17H,4-7H2,1-3H3;5-7H,1-4H3;4-5,7H,6H2,1-3H3,(H,13,14);4-5,7H,6H2,1-3H3. The molecule has 0 saturated heterocycles. The van der Waals surface area contributed by atoms with Crippen LogP contribution in [0, 0.1) is 6.92 Å². The first-order chi connectivity index (χ1) is 46.4. The fourth-order valence-corrected chi connectivity index (χ4v) is 12.2. The SMILES string of the molecule is CC(C)(C)c1ccc2c(c1)NC(=O)C2.CC(C)(C)c1ccc2c(c1)OC(=O)C2.CC(C)(C)c1ccc2c3c([nH]c2c1)CCCC3.CC(C)(C)c1ccc2oc(-c3ccccc3)nc2c1.Cc1ccccc1-c1nc2cc(C(C)(C)C)ccc2o1.Cn1c(=O)oc2ccc(C(C)(C)C)cc21. The number of fused-ring (bicyclic) bond motifs is 8. The highest BCUT2D eigenvalue weighted by Crippen LogP contribution is 2.37. The molecule has 12 heteroatoms. The Hall–Kier alpha value is -9.55. The lowest BCUT2D eigenvalue weighted by Crippen LogP contribution is -2.12.